The van der Waals surface area contributed by atoms with Crippen molar-refractivity contribution in [1.82, 2.24) is 34.8 Å². The molecule has 8 heteroatoms. The third kappa shape index (κ3) is 3.96. The summed E-state index contributed by atoms with van der Waals surface area (Å²) in [6.45, 7) is 2.99. The van der Waals surface area contributed by atoms with Gasteiger partial charge >= 0.3 is 0 Å². The van der Waals surface area contributed by atoms with E-state index in [0.717, 1.165) is 22.8 Å². The summed E-state index contributed by atoms with van der Waals surface area (Å²) in [7, 11) is 0. The molecular formula is C23H23N7O. The van der Waals surface area contributed by atoms with Gasteiger partial charge in [-0.1, -0.05) is 18.2 Å². The summed E-state index contributed by atoms with van der Waals surface area (Å²) in [5, 5.41) is 12.1. The van der Waals surface area contributed by atoms with Gasteiger partial charge in [0.2, 0.25) is 0 Å². The topological polar surface area (TPSA) is 90.5 Å². The molecule has 1 amide bonds. The van der Waals surface area contributed by atoms with Crippen molar-refractivity contribution < 1.29 is 4.79 Å². The van der Waals surface area contributed by atoms with Crippen LogP contribution in [0.5, 0.6) is 0 Å². The molecule has 5 rings (SSSR count). The molecule has 1 aliphatic rings. The van der Waals surface area contributed by atoms with Gasteiger partial charge in [0.25, 0.3) is 5.91 Å². The summed E-state index contributed by atoms with van der Waals surface area (Å²) >= 11 is 0. The first-order valence-corrected chi connectivity index (χ1v) is 10.4. The van der Waals surface area contributed by atoms with Gasteiger partial charge < -0.3 is 5.32 Å². The smallest absolute Gasteiger partial charge is 0.254 e. The van der Waals surface area contributed by atoms with E-state index in [1.807, 2.05) is 41.9 Å². The van der Waals surface area contributed by atoms with Crippen LogP contribution in [0.3, 0.4) is 0 Å². The second-order valence-electron chi connectivity index (χ2n) is 7.69. The Balaban J connectivity index is 1.27. The lowest BCUT2D eigenvalue weighted by molar-refractivity contribution is 0.0951. The zero-order chi connectivity index (χ0) is 21.2. The molecule has 1 aromatic carbocycles. The third-order valence-corrected chi connectivity index (χ3v) is 5.50. The Morgan fingerprint density at radius 2 is 1.97 bits per heavy atom. The molecule has 31 heavy (non-hydrogen) atoms. The van der Waals surface area contributed by atoms with Gasteiger partial charge in [-0.15, -0.1) is 0 Å². The lowest BCUT2D eigenvalue weighted by atomic mass is 10.2. The molecule has 3 heterocycles. The number of nitrogens with zero attached hydrogens (tertiary/aromatic N) is 6. The van der Waals surface area contributed by atoms with Crippen molar-refractivity contribution in [3.63, 3.8) is 0 Å². The van der Waals surface area contributed by atoms with E-state index in [4.69, 9.17) is 5.10 Å². The molecule has 0 unspecified atom stereocenters. The lowest BCUT2D eigenvalue weighted by Crippen LogP contribution is -2.28. The third-order valence-electron chi connectivity index (χ3n) is 5.50. The molecule has 0 saturated heterocycles. The van der Waals surface area contributed by atoms with Crippen LogP contribution in [0.25, 0.3) is 17.1 Å². The van der Waals surface area contributed by atoms with E-state index in [-0.39, 0.29) is 5.91 Å². The Kier molecular flexibility index (Phi) is 5.03. The number of rotatable bonds is 7. The van der Waals surface area contributed by atoms with Crippen LogP contribution in [0.15, 0.2) is 61.2 Å². The van der Waals surface area contributed by atoms with Gasteiger partial charge in [-0.25, -0.2) is 4.68 Å². The monoisotopic (exact) mass is 413 g/mol. The molecule has 4 aromatic rings. The van der Waals surface area contributed by atoms with Crippen LogP contribution in [0.4, 0.5) is 0 Å². The summed E-state index contributed by atoms with van der Waals surface area (Å²) in [5.41, 5.74) is 5.10. The van der Waals surface area contributed by atoms with Crippen molar-refractivity contribution in [3.05, 3.63) is 78.1 Å². The van der Waals surface area contributed by atoms with Gasteiger partial charge in [-0.05, 0) is 38.0 Å². The first-order chi connectivity index (χ1) is 15.2. The van der Waals surface area contributed by atoms with Crippen molar-refractivity contribution in [1.29, 1.82) is 0 Å². The van der Waals surface area contributed by atoms with Crippen LogP contribution in [-0.4, -0.2) is 42.0 Å². The number of aromatic nitrogens is 6. The lowest BCUT2D eigenvalue weighted by Gasteiger charge is -2.09. The molecule has 8 nitrogen and oxygen atoms in total. The maximum absolute atomic E-state index is 12.7. The van der Waals surface area contributed by atoms with Gasteiger partial charge in [-0.3, -0.25) is 19.4 Å². The summed E-state index contributed by atoms with van der Waals surface area (Å²) in [5.74, 6) is 0.411. The van der Waals surface area contributed by atoms with Crippen LogP contribution in [0, 0.1) is 6.92 Å². The summed E-state index contributed by atoms with van der Waals surface area (Å²) in [6, 6.07) is 11.9. The average Bonchev–Trinajstić information content (AvgIpc) is 3.45. The minimum atomic E-state index is -0.131. The summed E-state index contributed by atoms with van der Waals surface area (Å²) in [6.07, 6.45) is 9.01. The van der Waals surface area contributed by atoms with Crippen LogP contribution < -0.4 is 5.32 Å². The first-order valence-electron chi connectivity index (χ1n) is 10.4. The van der Waals surface area contributed by atoms with E-state index in [1.54, 1.807) is 29.5 Å². The zero-order valence-electron chi connectivity index (χ0n) is 17.3. The highest BCUT2D eigenvalue weighted by Gasteiger charge is 2.28. The Labute approximate surface area is 180 Å². The molecule has 0 aliphatic heterocycles. The fraction of sp³-hybridized carbons (Fsp3) is 0.261. The highest BCUT2D eigenvalue weighted by atomic mass is 16.1. The molecule has 1 fully saturated rings. The minimum Gasteiger partial charge on any atom is -0.350 e. The number of amides is 1. The second-order valence-corrected chi connectivity index (χ2v) is 7.69. The molecule has 156 valence electrons. The summed E-state index contributed by atoms with van der Waals surface area (Å²) < 4.78 is 3.77. The molecule has 1 N–H and O–H groups in total. The largest absolute Gasteiger partial charge is 0.350 e. The van der Waals surface area contributed by atoms with E-state index in [9.17, 15) is 4.79 Å². The van der Waals surface area contributed by atoms with Crippen LogP contribution >= 0.6 is 0 Å². The molecular weight excluding hydrogens is 390 g/mol. The minimum absolute atomic E-state index is 0.131. The van der Waals surface area contributed by atoms with Crippen molar-refractivity contribution in [2.75, 3.05) is 6.54 Å². The average molecular weight is 413 g/mol. The predicted octanol–water partition coefficient (Wildman–Crippen LogP) is 3.14. The number of para-hydroxylation sites is 1. The van der Waals surface area contributed by atoms with Crippen molar-refractivity contribution in [3.8, 4) is 17.1 Å². The molecule has 0 bridgehead atoms. The number of hydrogen-bond donors (Lipinski definition) is 1. The predicted molar refractivity (Wildman–Crippen MR) is 116 cm³/mol. The fourth-order valence-electron chi connectivity index (χ4n) is 3.71. The van der Waals surface area contributed by atoms with E-state index >= 15 is 0 Å². The van der Waals surface area contributed by atoms with Crippen molar-refractivity contribution >= 4 is 5.91 Å². The van der Waals surface area contributed by atoms with Gasteiger partial charge in [0, 0.05) is 30.6 Å². The highest BCUT2D eigenvalue weighted by Crippen LogP contribution is 2.41. The number of carbonyl (C=O) groups is 1. The van der Waals surface area contributed by atoms with E-state index in [2.05, 4.69) is 26.4 Å². The molecule has 0 spiro atoms. The van der Waals surface area contributed by atoms with E-state index in [1.165, 1.54) is 18.5 Å². The van der Waals surface area contributed by atoms with Crippen molar-refractivity contribution in [2.45, 2.75) is 32.2 Å². The molecule has 0 atom stereocenters. The van der Waals surface area contributed by atoms with Crippen LogP contribution in [-0.2, 0) is 6.54 Å². The molecule has 1 aliphatic carbocycles. The van der Waals surface area contributed by atoms with Gasteiger partial charge in [-0.2, -0.15) is 10.2 Å². The molecule has 1 saturated carbocycles. The Bertz CT molecular complexity index is 1190. The zero-order valence-corrected chi connectivity index (χ0v) is 17.3. The number of benzene rings is 1. The van der Waals surface area contributed by atoms with Crippen molar-refractivity contribution in [2.24, 2.45) is 0 Å². The summed E-state index contributed by atoms with van der Waals surface area (Å²) in [4.78, 5) is 21.2. The number of carbonyl (C=O) groups excluding carboxylic acids is 1. The fourth-order valence-corrected chi connectivity index (χ4v) is 3.71. The Morgan fingerprint density at radius 1 is 1.13 bits per heavy atom. The normalized spacial score (nSPS) is 13.3. The first kappa shape index (κ1) is 19.2. The van der Waals surface area contributed by atoms with Crippen LogP contribution in [0.1, 0.15) is 40.5 Å². The molecule has 0 radical (unpaired) electrons. The molecule has 3 aromatic heterocycles. The van der Waals surface area contributed by atoms with Gasteiger partial charge in [0.05, 0.1) is 35.9 Å². The maximum atomic E-state index is 12.7. The van der Waals surface area contributed by atoms with E-state index in [0.29, 0.717) is 24.6 Å². The van der Waals surface area contributed by atoms with Crippen LogP contribution in [0.2, 0.25) is 0 Å². The standard InChI is InChI=1S/C23H23N7O/c1-16-19(14-27-30(16)18-5-3-2-4-6-18)23(31)26-11-12-29-22(17-7-8-17)13-20(28-29)21-15-24-9-10-25-21/h2-6,9-10,13-15,17H,7-8,11-12H2,1H3,(H,26,31). The maximum Gasteiger partial charge on any atom is 0.254 e. The second kappa shape index (κ2) is 8.14. The number of nitrogens with one attached hydrogen (secondary N) is 1. The van der Waals surface area contributed by atoms with Gasteiger partial charge in [0.1, 0.15) is 11.4 Å². The van der Waals surface area contributed by atoms with Gasteiger partial charge in [0.15, 0.2) is 0 Å². The quantitative estimate of drug-likeness (QED) is 0.503. The Morgan fingerprint density at radius 3 is 2.71 bits per heavy atom. The van der Waals surface area contributed by atoms with E-state index < -0.39 is 0 Å². The SMILES string of the molecule is Cc1c(C(=O)NCCn2nc(-c3cnccn3)cc2C2CC2)cnn1-c1ccccc1. The Hall–Kier alpha value is -3.81. The number of hydrogen-bond acceptors (Lipinski definition) is 5. The highest BCUT2D eigenvalue weighted by molar-refractivity contribution is 5.95.